The zero-order valence-corrected chi connectivity index (χ0v) is 21.6. The molecular weight excluding hydrogens is 482 g/mol. The minimum absolute atomic E-state index is 0.0623. The summed E-state index contributed by atoms with van der Waals surface area (Å²) in [5, 5.41) is 3.02. The Hall–Kier alpha value is -2.41. The van der Waals surface area contributed by atoms with Crippen LogP contribution in [0.3, 0.4) is 0 Å². The number of benzene rings is 1. The molecule has 1 fully saturated rings. The van der Waals surface area contributed by atoms with Gasteiger partial charge in [0.25, 0.3) is 0 Å². The molecule has 178 valence electrons. The van der Waals surface area contributed by atoms with E-state index in [0.717, 1.165) is 28.7 Å². The molecule has 1 N–H and O–H groups in total. The van der Waals surface area contributed by atoms with Crippen molar-refractivity contribution in [1.29, 1.82) is 0 Å². The molecule has 0 aliphatic heterocycles. The highest BCUT2D eigenvalue weighted by Gasteiger charge is 2.47. The van der Waals surface area contributed by atoms with Crippen LogP contribution in [0.2, 0.25) is 0 Å². The lowest BCUT2D eigenvalue weighted by molar-refractivity contribution is -0.120. The van der Waals surface area contributed by atoms with Crippen molar-refractivity contribution in [2.45, 2.75) is 65.0 Å². The van der Waals surface area contributed by atoms with Crippen molar-refractivity contribution in [2.24, 2.45) is 11.8 Å². The van der Waals surface area contributed by atoms with Crippen molar-refractivity contribution in [2.75, 3.05) is 11.4 Å². The number of hydrogen-bond donors (Lipinski definition) is 1. The second-order valence-corrected chi connectivity index (χ2v) is 10.7. The molecular formula is C26H34BrN3O3. The first kappa shape index (κ1) is 25.2. The quantitative estimate of drug-likeness (QED) is 0.473. The molecule has 3 rings (SSSR count). The second kappa shape index (κ2) is 10.7. The first-order valence-electron chi connectivity index (χ1n) is 11.6. The lowest BCUT2D eigenvalue weighted by Crippen LogP contribution is -2.50. The number of aromatic nitrogens is 1. The van der Waals surface area contributed by atoms with Crippen LogP contribution >= 0.6 is 15.9 Å². The maximum absolute atomic E-state index is 13.7. The zero-order chi connectivity index (χ0) is 24.2. The number of pyridine rings is 1. The van der Waals surface area contributed by atoms with Crippen LogP contribution in [-0.2, 0) is 9.53 Å². The van der Waals surface area contributed by atoms with Gasteiger partial charge in [0.1, 0.15) is 5.60 Å². The Balaban J connectivity index is 1.82. The molecule has 0 radical (unpaired) electrons. The topological polar surface area (TPSA) is 71.5 Å². The van der Waals surface area contributed by atoms with Gasteiger partial charge in [0.05, 0.1) is 6.04 Å². The van der Waals surface area contributed by atoms with Crippen LogP contribution in [0.25, 0.3) is 0 Å². The van der Waals surface area contributed by atoms with E-state index in [4.69, 9.17) is 4.74 Å². The Morgan fingerprint density at radius 2 is 1.91 bits per heavy atom. The zero-order valence-electron chi connectivity index (χ0n) is 20.0. The van der Waals surface area contributed by atoms with E-state index >= 15 is 0 Å². The lowest BCUT2D eigenvalue weighted by atomic mass is 9.98. The van der Waals surface area contributed by atoms with Crippen LogP contribution in [-0.4, -0.2) is 35.2 Å². The van der Waals surface area contributed by atoms with Crippen molar-refractivity contribution in [1.82, 2.24) is 10.3 Å². The third-order valence-corrected chi connectivity index (χ3v) is 6.52. The highest BCUT2D eigenvalue weighted by Crippen LogP contribution is 2.48. The van der Waals surface area contributed by atoms with Crippen molar-refractivity contribution >= 4 is 33.6 Å². The van der Waals surface area contributed by atoms with E-state index in [0.29, 0.717) is 6.54 Å². The third kappa shape index (κ3) is 7.03. The van der Waals surface area contributed by atoms with Crippen LogP contribution in [0.5, 0.6) is 0 Å². The highest BCUT2D eigenvalue weighted by molar-refractivity contribution is 9.10. The van der Waals surface area contributed by atoms with Gasteiger partial charge in [-0.25, -0.2) is 4.79 Å². The van der Waals surface area contributed by atoms with Gasteiger partial charge >= 0.3 is 6.09 Å². The summed E-state index contributed by atoms with van der Waals surface area (Å²) in [6.45, 7) is 10.1. The maximum atomic E-state index is 13.7. The SMILES string of the molecule is CC[C@H](C)[C@@H](CN(C(=O)[C@@H]1C[C@H]1c1ccccn1)c1ccc(Br)cc1)NC(=O)OC(C)(C)C. The molecule has 2 amide bonds. The van der Waals surface area contributed by atoms with Crippen LogP contribution < -0.4 is 10.2 Å². The molecule has 1 saturated carbocycles. The Labute approximate surface area is 205 Å². The first-order chi connectivity index (χ1) is 15.6. The summed E-state index contributed by atoms with van der Waals surface area (Å²) in [5.41, 5.74) is 1.18. The van der Waals surface area contributed by atoms with Gasteiger partial charge in [0.15, 0.2) is 0 Å². The molecule has 1 aliphatic carbocycles. The molecule has 0 saturated heterocycles. The average molecular weight is 516 g/mol. The standard InChI is InChI=1S/C26H34BrN3O3/c1-6-17(2)23(29-25(32)33-26(3,4)5)16-30(19-12-10-18(27)11-13-19)24(31)21-15-20(21)22-9-7-8-14-28-22/h7-14,17,20-21,23H,6,15-16H2,1-5H3,(H,29,32)/t17-,20+,21+,23+/m0/s1. The van der Waals surface area contributed by atoms with E-state index < -0.39 is 11.7 Å². The van der Waals surface area contributed by atoms with Gasteiger partial charge < -0.3 is 15.0 Å². The van der Waals surface area contributed by atoms with Gasteiger partial charge in [-0.15, -0.1) is 0 Å². The number of anilines is 1. The smallest absolute Gasteiger partial charge is 0.407 e. The minimum atomic E-state index is -0.588. The van der Waals surface area contributed by atoms with Crippen LogP contribution in [0.1, 0.15) is 59.1 Å². The normalized spacial score (nSPS) is 19.3. The molecule has 1 aromatic heterocycles. The predicted octanol–water partition coefficient (Wildman–Crippen LogP) is 5.92. The monoisotopic (exact) mass is 515 g/mol. The number of ether oxygens (including phenoxy) is 1. The third-order valence-electron chi connectivity index (χ3n) is 5.99. The second-order valence-electron chi connectivity index (χ2n) is 9.77. The molecule has 0 unspecified atom stereocenters. The first-order valence-corrected chi connectivity index (χ1v) is 12.4. The summed E-state index contributed by atoms with van der Waals surface area (Å²) in [7, 11) is 0. The summed E-state index contributed by atoms with van der Waals surface area (Å²) >= 11 is 3.47. The minimum Gasteiger partial charge on any atom is -0.444 e. The van der Waals surface area contributed by atoms with E-state index in [1.165, 1.54) is 0 Å². The molecule has 7 heteroatoms. The predicted molar refractivity (Wildman–Crippen MR) is 134 cm³/mol. The molecule has 1 aliphatic rings. The highest BCUT2D eigenvalue weighted by atomic mass is 79.9. The van der Waals surface area contributed by atoms with E-state index in [2.05, 4.69) is 40.1 Å². The number of nitrogens with zero attached hydrogens (tertiary/aromatic N) is 2. The molecule has 6 nitrogen and oxygen atoms in total. The fraction of sp³-hybridized carbons (Fsp3) is 0.500. The largest absolute Gasteiger partial charge is 0.444 e. The number of alkyl carbamates (subject to hydrolysis) is 1. The number of amides is 2. The number of carbonyl (C=O) groups excluding carboxylic acids is 2. The van der Waals surface area contributed by atoms with Crippen molar-refractivity contribution in [3.63, 3.8) is 0 Å². The molecule has 1 heterocycles. The number of nitrogens with one attached hydrogen (secondary N) is 1. The molecule has 1 aromatic carbocycles. The van der Waals surface area contributed by atoms with E-state index in [-0.39, 0.29) is 29.7 Å². The summed E-state index contributed by atoms with van der Waals surface area (Å²) < 4.78 is 6.44. The maximum Gasteiger partial charge on any atom is 0.407 e. The number of carbonyl (C=O) groups is 2. The Morgan fingerprint density at radius 3 is 2.48 bits per heavy atom. The molecule has 0 spiro atoms. The Kier molecular flexibility index (Phi) is 8.16. The van der Waals surface area contributed by atoms with Crippen LogP contribution in [0.15, 0.2) is 53.1 Å². The van der Waals surface area contributed by atoms with Gasteiger partial charge in [-0.05, 0) is 69.5 Å². The lowest BCUT2D eigenvalue weighted by Gasteiger charge is -2.32. The fourth-order valence-corrected chi connectivity index (χ4v) is 4.11. The number of halogens is 1. The van der Waals surface area contributed by atoms with Crippen molar-refractivity contribution in [3.05, 3.63) is 58.8 Å². The van der Waals surface area contributed by atoms with E-state index in [1.807, 2.05) is 68.1 Å². The van der Waals surface area contributed by atoms with Gasteiger partial charge in [0, 0.05) is 40.4 Å². The summed E-state index contributed by atoms with van der Waals surface area (Å²) in [4.78, 5) is 32.5. The summed E-state index contributed by atoms with van der Waals surface area (Å²) in [6, 6.07) is 13.3. The van der Waals surface area contributed by atoms with Gasteiger partial charge in [0.2, 0.25) is 5.91 Å². The van der Waals surface area contributed by atoms with E-state index in [9.17, 15) is 9.59 Å². The Morgan fingerprint density at radius 1 is 1.21 bits per heavy atom. The van der Waals surface area contributed by atoms with Crippen LogP contribution in [0.4, 0.5) is 10.5 Å². The van der Waals surface area contributed by atoms with Crippen LogP contribution in [0, 0.1) is 11.8 Å². The molecule has 0 bridgehead atoms. The summed E-state index contributed by atoms with van der Waals surface area (Å²) in [6.07, 6.45) is 2.96. The van der Waals surface area contributed by atoms with E-state index in [1.54, 1.807) is 6.20 Å². The van der Waals surface area contributed by atoms with Gasteiger partial charge in [-0.3, -0.25) is 9.78 Å². The number of rotatable bonds is 8. The fourth-order valence-electron chi connectivity index (χ4n) is 3.84. The van der Waals surface area contributed by atoms with Crippen molar-refractivity contribution in [3.8, 4) is 0 Å². The Bertz CT molecular complexity index is 944. The molecule has 2 aromatic rings. The number of hydrogen-bond acceptors (Lipinski definition) is 4. The summed E-state index contributed by atoms with van der Waals surface area (Å²) in [5.74, 6) is 0.251. The molecule has 33 heavy (non-hydrogen) atoms. The van der Waals surface area contributed by atoms with Gasteiger partial charge in [-0.2, -0.15) is 0 Å². The average Bonchev–Trinajstić information content (AvgIpc) is 3.57. The van der Waals surface area contributed by atoms with Gasteiger partial charge in [-0.1, -0.05) is 42.3 Å². The van der Waals surface area contributed by atoms with Crippen molar-refractivity contribution < 1.29 is 14.3 Å². The molecule has 4 atom stereocenters.